The molecule has 6 heteroatoms. The molecule has 0 aromatic carbocycles. The third-order valence-electron chi connectivity index (χ3n) is 3.04. The van der Waals surface area contributed by atoms with Gasteiger partial charge in [0.05, 0.1) is 0 Å². The van der Waals surface area contributed by atoms with E-state index in [1.54, 1.807) is 33.3 Å². The molecule has 0 bridgehead atoms. The Morgan fingerprint density at radius 2 is 1.95 bits per heavy atom. The van der Waals surface area contributed by atoms with Gasteiger partial charge in [-0.2, -0.15) is 0 Å². The summed E-state index contributed by atoms with van der Waals surface area (Å²) in [4.78, 5) is 28.4. The Morgan fingerprint density at radius 1 is 1.35 bits per heavy atom. The van der Waals surface area contributed by atoms with Gasteiger partial charge in [-0.15, -0.1) is 0 Å². The first-order chi connectivity index (χ1) is 9.41. The minimum Gasteiger partial charge on any atom is -0.480 e. The lowest BCUT2D eigenvalue weighted by Crippen LogP contribution is -2.49. The molecule has 0 aliphatic rings. The van der Waals surface area contributed by atoms with E-state index in [0.29, 0.717) is 13.0 Å². The number of aromatic nitrogens is 1. The van der Waals surface area contributed by atoms with E-state index in [1.165, 1.54) is 4.90 Å². The number of rotatable bonds is 6. The fourth-order valence-corrected chi connectivity index (χ4v) is 1.70. The van der Waals surface area contributed by atoms with E-state index in [-0.39, 0.29) is 11.9 Å². The Kier molecular flexibility index (Phi) is 5.96. The van der Waals surface area contributed by atoms with Crippen molar-refractivity contribution in [2.45, 2.75) is 26.3 Å². The molecule has 0 aliphatic carbocycles. The van der Waals surface area contributed by atoms with E-state index in [0.717, 1.165) is 5.56 Å². The van der Waals surface area contributed by atoms with E-state index in [4.69, 9.17) is 5.11 Å². The lowest BCUT2D eigenvalue weighted by Gasteiger charge is -2.23. The van der Waals surface area contributed by atoms with E-state index in [1.807, 2.05) is 12.1 Å². The van der Waals surface area contributed by atoms with Crippen molar-refractivity contribution in [1.29, 1.82) is 0 Å². The standard InChI is InChI=1S/C14H21N3O3/c1-10(2)12(13(18)19)16-14(20)17(3)9-6-11-4-7-15-8-5-11/h4-5,7-8,10,12H,6,9H2,1-3H3,(H,16,20)(H,18,19)/t12-/m0/s1. The molecule has 2 N–H and O–H groups in total. The van der Waals surface area contributed by atoms with Crippen LogP contribution >= 0.6 is 0 Å². The highest BCUT2D eigenvalue weighted by molar-refractivity contribution is 5.82. The average molecular weight is 279 g/mol. The van der Waals surface area contributed by atoms with Crippen LogP contribution in [0.25, 0.3) is 0 Å². The van der Waals surface area contributed by atoms with Crippen molar-refractivity contribution in [1.82, 2.24) is 15.2 Å². The number of pyridine rings is 1. The normalized spacial score (nSPS) is 12.0. The van der Waals surface area contributed by atoms with Gasteiger partial charge in [-0.3, -0.25) is 4.98 Å². The molecule has 1 aromatic heterocycles. The van der Waals surface area contributed by atoms with E-state index in [2.05, 4.69) is 10.3 Å². The van der Waals surface area contributed by atoms with E-state index in [9.17, 15) is 9.59 Å². The van der Waals surface area contributed by atoms with Crippen molar-refractivity contribution in [2.24, 2.45) is 5.92 Å². The van der Waals surface area contributed by atoms with E-state index >= 15 is 0 Å². The monoisotopic (exact) mass is 279 g/mol. The highest BCUT2D eigenvalue weighted by atomic mass is 16.4. The number of likely N-dealkylation sites (N-methyl/N-ethyl adjacent to an activating group) is 1. The highest BCUT2D eigenvalue weighted by Gasteiger charge is 2.24. The molecule has 0 radical (unpaired) electrons. The van der Waals surface area contributed by atoms with Gasteiger partial charge in [0.1, 0.15) is 6.04 Å². The van der Waals surface area contributed by atoms with Crippen molar-refractivity contribution in [3.05, 3.63) is 30.1 Å². The van der Waals surface area contributed by atoms with Crippen molar-refractivity contribution in [2.75, 3.05) is 13.6 Å². The van der Waals surface area contributed by atoms with Gasteiger partial charge in [-0.05, 0) is 30.0 Å². The van der Waals surface area contributed by atoms with E-state index < -0.39 is 12.0 Å². The summed E-state index contributed by atoms with van der Waals surface area (Å²) >= 11 is 0. The molecule has 0 unspecified atom stereocenters. The molecule has 1 rings (SSSR count). The SMILES string of the molecule is CC(C)[C@H](NC(=O)N(C)CCc1ccncc1)C(=O)O. The third kappa shape index (κ3) is 4.87. The number of carboxylic acids is 1. The number of hydrogen-bond acceptors (Lipinski definition) is 3. The Bertz CT molecular complexity index is 448. The van der Waals surface area contributed by atoms with Crippen LogP contribution in [-0.4, -0.2) is 46.6 Å². The van der Waals surface area contributed by atoms with Crippen LogP contribution < -0.4 is 5.32 Å². The quantitative estimate of drug-likeness (QED) is 0.824. The van der Waals surface area contributed by atoms with Gasteiger partial charge in [-0.25, -0.2) is 9.59 Å². The van der Waals surface area contributed by atoms with Crippen LogP contribution in [0.3, 0.4) is 0 Å². The first-order valence-electron chi connectivity index (χ1n) is 6.55. The molecule has 1 aromatic rings. The second kappa shape index (κ2) is 7.47. The molecular formula is C14H21N3O3. The zero-order valence-corrected chi connectivity index (χ0v) is 12.0. The van der Waals surface area contributed by atoms with Crippen LogP contribution in [0, 0.1) is 5.92 Å². The van der Waals surface area contributed by atoms with Gasteiger partial charge in [0.25, 0.3) is 0 Å². The molecule has 0 saturated carbocycles. The molecule has 110 valence electrons. The predicted octanol–water partition coefficient (Wildman–Crippen LogP) is 1.37. The van der Waals surface area contributed by atoms with Crippen LogP contribution in [0.15, 0.2) is 24.5 Å². The zero-order valence-electron chi connectivity index (χ0n) is 12.0. The van der Waals surface area contributed by atoms with Crippen LogP contribution in [0.4, 0.5) is 4.79 Å². The Balaban J connectivity index is 2.48. The summed E-state index contributed by atoms with van der Waals surface area (Å²) in [5.41, 5.74) is 1.08. The summed E-state index contributed by atoms with van der Waals surface area (Å²) in [6.45, 7) is 4.03. The summed E-state index contributed by atoms with van der Waals surface area (Å²) < 4.78 is 0. The van der Waals surface area contributed by atoms with Gasteiger partial charge in [0.15, 0.2) is 0 Å². The molecule has 2 amide bonds. The topological polar surface area (TPSA) is 82.5 Å². The maximum absolute atomic E-state index is 11.9. The minimum atomic E-state index is -1.02. The summed E-state index contributed by atoms with van der Waals surface area (Å²) in [6, 6.07) is 2.53. The number of carbonyl (C=O) groups is 2. The molecule has 6 nitrogen and oxygen atoms in total. The lowest BCUT2D eigenvalue weighted by atomic mass is 10.1. The van der Waals surface area contributed by atoms with Crippen LogP contribution in [0.5, 0.6) is 0 Å². The molecular weight excluding hydrogens is 258 g/mol. The largest absolute Gasteiger partial charge is 0.480 e. The van der Waals surface area contributed by atoms with Crippen LogP contribution in [0.2, 0.25) is 0 Å². The number of urea groups is 1. The maximum atomic E-state index is 11.9. The lowest BCUT2D eigenvalue weighted by molar-refractivity contribution is -0.140. The molecule has 20 heavy (non-hydrogen) atoms. The molecule has 0 aliphatic heterocycles. The van der Waals surface area contributed by atoms with Crippen LogP contribution in [-0.2, 0) is 11.2 Å². The van der Waals surface area contributed by atoms with Crippen molar-refractivity contribution >= 4 is 12.0 Å². The first-order valence-corrected chi connectivity index (χ1v) is 6.55. The van der Waals surface area contributed by atoms with Gasteiger partial charge in [0, 0.05) is 26.0 Å². The first kappa shape index (κ1) is 15.9. The number of hydrogen-bond donors (Lipinski definition) is 2. The molecule has 1 atom stereocenters. The third-order valence-corrected chi connectivity index (χ3v) is 3.04. The molecule has 0 spiro atoms. The highest BCUT2D eigenvalue weighted by Crippen LogP contribution is 2.03. The smallest absolute Gasteiger partial charge is 0.326 e. The number of nitrogens with zero attached hydrogens (tertiary/aromatic N) is 2. The molecule has 1 heterocycles. The van der Waals surface area contributed by atoms with Gasteiger partial charge in [0.2, 0.25) is 0 Å². The van der Waals surface area contributed by atoms with Crippen molar-refractivity contribution in [3.63, 3.8) is 0 Å². The summed E-state index contributed by atoms with van der Waals surface area (Å²) in [6.07, 6.45) is 4.11. The van der Waals surface area contributed by atoms with Crippen molar-refractivity contribution < 1.29 is 14.7 Å². The summed E-state index contributed by atoms with van der Waals surface area (Å²) in [7, 11) is 1.65. The minimum absolute atomic E-state index is 0.162. The number of carbonyl (C=O) groups excluding carboxylic acids is 1. The summed E-state index contributed by atoms with van der Waals surface area (Å²) in [5, 5.41) is 11.6. The fourth-order valence-electron chi connectivity index (χ4n) is 1.70. The molecule has 0 saturated heterocycles. The Morgan fingerprint density at radius 3 is 2.45 bits per heavy atom. The predicted molar refractivity (Wildman–Crippen MR) is 75.4 cm³/mol. The van der Waals surface area contributed by atoms with Gasteiger partial charge >= 0.3 is 12.0 Å². The zero-order chi connectivity index (χ0) is 15.1. The van der Waals surface area contributed by atoms with Crippen molar-refractivity contribution in [3.8, 4) is 0 Å². The fraction of sp³-hybridized carbons (Fsp3) is 0.500. The Labute approximate surface area is 118 Å². The number of aliphatic carboxylic acids is 1. The second-order valence-electron chi connectivity index (χ2n) is 5.04. The maximum Gasteiger partial charge on any atom is 0.326 e. The molecule has 0 fully saturated rings. The number of amides is 2. The number of nitrogens with one attached hydrogen (secondary N) is 1. The second-order valence-corrected chi connectivity index (χ2v) is 5.04. The van der Waals surface area contributed by atoms with Gasteiger partial charge in [-0.1, -0.05) is 13.8 Å². The Hall–Kier alpha value is -2.11. The average Bonchev–Trinajstić information content (AvgIpc) is 2.42. The number of carboxylic acid groups (broad SMARTS) is 1. The van der Waals surface area contributed by atoms with Gasteiger partial charge < -0.3 is 15.3 Å². The summed E-state index contributed by atoms with van der Waals surface area (Å²) in [5.74, 6) is -1.18. The van der Waals surface area contributed by atoms with Crippen LogP contribution in [0.1, 0.15) is 19.4 Å².